The largest absolute Gasteiger partial charge is 0.377 e. The molecule has 0 atom stereocenters. The van der Waals surface area contributed by atoms with E-state index in [1.165, 1.54) is 16.8 Å². The molecule has 20 heavy (non-hydrogen) atoms. The predicted molar refractivity (Wildman–Crippen MR) is 80.3 cm³/mol. The van der Waals surface area contributed by atoms with Gasteiger partial charge in [0.2, 0.25) is 0 Å². The van der Waals surface area contributed by atoms with Gasteiger partial charge in [-0.05, 0) is 31.0 Å². The van der Waals surface area contributed by atoms with Crippen LogP contribution in [0.4, 0.5) is 0 Å². The van der Waals surface area contributed by atoms with Crippen molar-refractivity contribution in [3.63, 3.8) is 0 Å². The molecule has 4 nitrogen and oxygen atoms in total. The van der Waals surface area contributed by atoms with Crippen LogP contribution in [-0.2, 0) is 31.5 Å². The van der Waals surface area contributed by atoms with Crippen LogP contribution in [0.15, 0.2) is 30.3 Å². The van der Waals surface area contributed by atoms with Crippen LogP contribution in [0.2, 0.25) is 0 Å². The lowest BCUT2D eigenvalue weighted by molar-refractivity contribution is 0.133. The molecule has 4 heteroatoms. The van der Waals surface area contributed by atoms with Gasteiger partial charge in [-0.2, -0.15) is 5.10 Å². The molecule has 108 valence electrons. The molecule has 0 aliphatic heterocycles. The Labute approximate surface area is 120 Å². The van der Waals surface area contributed by atoms with Crippen molar-refractivity contribution >= 4 is 0 Å². The van der Waals surface area contributed by atoms with Crippen molar-refractivity contribution in [1.82, 2.24) is 15.1 Å². The van der Waals surface area contributed by atoms with E-state index < -0.39 is 0 Å². The van der Waals surface area contributed by atoms with Crippen LogP contribution in [0, 0.1) is 6.92 Å². The fraction of sp³-hybridized carbons (Fsp3) is 0.438. The van der Waals surface area contributed by atoms with Crippen molar-refractivity contribution in [1.29, 1.82) is 0 Å². The summed E-state index contributed by atoms with van der Waals surface area (Å²) >= 11 is 0. The average Bonchev–Trinajstić information content (AvgIpc) is 2.76. The van der Waals surface area contributed by atoms with Crippen LogP contribution in [0.1, 0.15) is 29.4 Å². The monoisotopic (exact) mass is 273 g/mol. The van der Waals surface area contributed by atoms with Gasteiger partial charge in [0.25, 0.3) is 0 Å². The molecule has 1 aromatic carbocycles. The molecule has 0 saturated carbocycles. The zero-order valence-electron chi connectivity index (χ0n) is 12.5. The van der Waals surface area contributed by atoms with Gasteiger partial charge in [-0.15, -0.1) is 0 Å². The Morgan fingerprint density at radius 3 is 2.60 bits per heavy atom. The Balaban J connectivity index is 1.92. The summed E-state index contributed by atoms with van der Waals surface area (Å²) in [4.78, 5) is 0. The molecule has 0 aliphatic carbocycles. The first-order valence-electron chi connectivity index (χ1n) is 7.05. The highest BCUT2D eigenvalue weighted by Crippen LogP contribution is 2.10. The predicted octanol–water partition coefficient (Wildman–Crippen LogP) is 2.55. The average molecular weight is 273 g/mol. The van der Waals surface area contributed by atoms with Gasteiger partial charge in [0.15, 0.2) is 0 Å². The first-order chi connectivity index (χ1) is 9.70. The number of hydrogen-bond acceptors (Lipinski definition) is 3. The number of hydrogen-bond donors (Lipinski definition) is 1. The molecule has 1 N–H and O–H groups in total. The van der Waals surface area contributed by atoms with Crippen molar-refractivity contribution < 1.29 is 4.74 Å². The van der Waals surface area contributed by atoms with Gasteiger partial charge in [-0.25, -0.2) is 0 Å². The van der Waals surface area contributed by atoms with Gasteiger partial charge in [0.05, 0.1) is 18.0 Å². The van der Waals surface area contributed by atoms with E-state index in [-0.39, 0.29) is 0 Å². The topological polar surface area (TPSA) is 39.1 Å². The van der Waals surface area contributed by atoms with E-state index in [4.69, 9.17) is 4.74 Å². The number of aromatic nitrogens is 2. The molecule has 0 bridgehead atoms. The van der Waals surface area contributed by atoms with E-state index in [0.29, 0.717) is 6.61 Å². The molecule has 0 amide bonds. The molecule has 0 fully saturated rings. The van der Waals surface area contributed by atoms with Gasteiger partial charge < -0.3 is 10.1 Å². The smallest absolute Gasteiger partial charge is 0.0719 e. The fourth-order valence-corrected chi connectivity index (χ4v) is 2.24. The lowest BCUT2D eigenvalue weighted by atomic mass is 10.1. The van der Waals surface area contributed by atoms with Crippen LogP contribution >= 0.6 is 0 Å². The minimum absolute atomic E-state index is 0.680. The molecule has 2 aromatic rings. The quantitative estimate of drug-likeness (QED) is 0.842. The third kappa shape index (κ3) is 3.92. The summed E-state index contributed by atoms with van der Waals surface area (Å²) in [6.07, 6.45) is 0. The van der Waals surface area contributed by atoms with Crippen LogP contribution in [0.25, 0.3) is 0 Å². The number of nitrogens with one attached hydrogen (secondary N) is 1. The van der Waals surface area contributed by atoms with Crippen molar-refractivity contribution in [3.8, 4) is 0 Å². The fourth-order valence-electron chi connectivity index (χ4n) is 2.24. The molecular formula is C16H23N3O. The molecular weight excluding hydrogens is 250 g/mol. The summed E-state index contributed by atoms with van der Waals surface area (Å²) in [5.74, 6) is 0. The summed E-state index contributed by atoms with van der Waals surface area (Å²) < 4.78 is 7.43. The van der Waals surface area contributed by atoms with E-state index in [0.717, 1.165) is 25.4 Å². The zero-order valence-corrected chi connectivity index (χ0v) is 12.5. The minimum atomic E-state index is 0.680. The highest BCUT2D eigenvalue weighted by Gasteiger charge is 2.04. The van der Waals surface area contributed by atoms with Crippen molar-refractivity contribution in [2.45, 2.75) is 33.5 Å². The molecule has 0 saturated heterocycles. The van der Waals surface area contributed by atoms with Gasteiger partial charge in [0, 0.05) is 26.7 Å². The summed E-state index contributed by atoms with van der Waals surface area (Å²) in [7, 11) is 1.98. The van der Waals surface area contributed by atoms with E-state index in [9.17, 15) is 0 Å². The lowest BCUT2D eigenvalue weighted by Gasteiger charge is -2.10. The highest BCUT2D eigenvalue weighted by atomic mass is 16.5. The first kappa shape index (κ1) is 14.8. The molecule has 0 radical (unpaired) electrons. The second-order valence-electron chi connectivity index (χ2n) is 4.91. The molecule has 2 rings (SSSR count). The maximum Gasteiger partial charge on any atom is 0.0719 e. The lowest BCUT2D eigenvalue weighted by Crippen LogP contribution is -2.16. The van der Waals surface area contributed by atoms with Gasteiger partial charge in [-0.3, -0.25) is 4.68 Å². The number of nitrogens with zero attached hydrogens (tertiary/aromatic N) is 2. The molecule has 0 unspecified atom stereocenters. The summed E-state index contributed by atoms with van der Waals surface area (Å²) in [5.41, 5.74) is 4.80. The Hall–Kier alpha value is -1.65. The second kappa shape index (κ2) is 7.22. The van der Waals surface area contributed by atoms with Crippen LogP contribution < -0.4 is 5.32 Å². The Kier molecular flexibility index (Phi) is 5.32. The third-order valence-electron chi connectivity index (χ3n) is 3.30. The van der Waals surface area contributed by atoms with Crippen molar-refractivity contribution in [2.24, 2.45) is 7.05 Å². The van der Waals surface area contributed by atoms with Gasteiger partial charge >= 0.3 is 0 Å². The maximum absolute atomic E-state index is 5.51. The van der Waals surface area contributed by atoms with Crippen molar-refractivity contribution in [2.75, 3.05) is 6.61 Å². The number of ether oxygens (including phenoxy) is 1. The van der Waals surface area contributed by atoms with E-state index in [2.05, 4.69) is 40.7 Å². The molecule has 0 aliphatic rings. The summed E-state index contributed by atoms with van der Waals surface area (Å²) in [5, 5.41) is 7.82. The Bertz CT molecular complexity index is 548. The van der Waals surface area contributed by atoms with E-state index in [1.807, 2.05) is 25.6 Å². The SMILES string of the molecule is CCOCc1ccccc1CNCc1cc(C)nn1C. The minimum Gasteiger partial charge on any atom is -0.377 e. The number of rotatable bonds is 7. The van der Waals surface area contributed by atoms with E-state index in [1.54, 1.807) is 0 Å². The summed E-state index contributed by atoms with van der Waals surface area (Å²) in [6.45, 7) is 7.12. The molecule has 1 heterocycles. The zero-order chi connectivity index (χ0) is 14.4. The Morgan fingerprint density at radius 1 is 1.20 bits per heavy atom. The number of benzene rings is 1. The van der Waals surface area contributed by atoms with Gasteiger partial charge in [-0.1, -0.05) is 24.3 Å². The molecule has 0 spiro atoms. The Morgan fingerprint density at radius 2 is 1.95 bits per heavy atom. The number of aryl methyl sites for hydroxylation is 2. The van der Waals surface area contributed by atoms with Crippen LogP contribution in [0.5, 0.6) is 0 Å². The maximum atomic E-state index is 5.51. The standard InChI is InChI=1S/C16H23N3O/c1-4-20-12-15-8-6-5-7-14(15)10-17-11-16-9-13(2)18-19(16)3/h5-9,17H,4,10-12H2,1-3H3. The van der Waals surface area contributed by atoms with Crippen LogP contribution in [0.3, 0.4) is 0 Å². The third-order valence-corrected chi connectivity index (χ3v) is 3.30. The highest BCUT2D eigenvalue weighted by molar-refractivity contribution is 5.26. The first-order valence-corrected chi connectivity index (χ1v) is 7.05. The van der Waals surface area contributed by atoms with Gasteiger partial charge in [0.1, 0.15) is 0 Å². The summed E-state index contributed by atoms with van der Waals surface area (Å²) in [6, 6.07) is 10.5. The van der Waals surface area contributed by atoms with Crippen LogP contribution in [-0.4, -0.2) is 16.4 Å². The molecule has 1 aromatic heterocycles. The normalized spacial score (nSPS) is 10.9. The van der Waals surface area contributed by atoms with Crippen molar-refractivity contribution in [3.05, 3.63) is 52.8 Å². The van der Waals surface area contributed by atoms with E-state index >= 15 is 0 Å². The second-order valence-corrected chi connectivity index (χ2v) is 4.91.